The average molecular weight is 384 g/mol. The Balaban J connectivity index is 1.52. The van der Waals surface area contributed by atoms with Crippen molar-refractivity contribution in [3.8, 4) is 22.1 Å². The van der Waals surface area contributed by atoms with Gasteiger partial charge in [0.25, 0.3) is 0 Å². The SMILES string of the molecule is CCCn1c(SCc2nc(-c3cccs3)no2)nnc1-c1ccncc1. The van der Waals surface area contributed by atoms with E-state index in [-0.39, 0.29) is 0 Å². The smallest absolute Gasteiger partial charge is 0.237 e. The molecule has 0 aromatic carbocycles. The monoisotopic (exact) mass is 384 g/mol. The Bertz CT molecular complexity index is 964. The number of thiophene rings is 1. The van der Waals surface area contributed by atoms with E-state index in [4.69, 9.17) is 4.52 Å². The highest BCUT2D eigenvalue weighted by atomic mass is 32.2. The number of pyridine rings is 1. The quantitative estimate of drug-likeness (QED) is 0.443. The molecule has 4 aromatic heterocycles. The zero-order valence-electron chi connectivity index (χ0n) is 14.1. The van der Waals surface area contributed by atoms with E-state index < -0.39 is 0 Å². The summed E-state index contributed by atoms with van der Waals surface area (Å²) in [5.74, 6) is 2.61. The van der Waals surface area contributed by atoms with Crippen LogP contribution in [-0.2, 0) is 12.3 Å². The van der Waals surface area contributed by atoms with E-state index >= 15 is 0 Å². The molecule has 26 heavy (non-hydrogen) atoms. The van der Waals surface area contributed by atoms with Crippen LogP contribution in [-0.4, -0.2) is 29.9 Å². The summed E-state index contributed by atoms with van der Waals surface area (Å²) in [6, 6.07) is 7.83. The van der Waals surface area contributed by atoms with Crippen LogP contribution >= 0.6 is 23.1 Å². The summed E-state index contributed by atoms with van der Waals surface area (Å²) < 4.78 is 7.48. The molecule has 0 unspecified atom stereocenters. The first-order valence-corrected chi connectivity index (χ1v) is 10.0. The van der Waals surface area contributed by atoms with Gasteiger partial charge in [0.2, 0.25) is 11.7 Å². The zero-order valence-corrected chi connectivity index (χ0v) is 15.7. The summed E-state index contributed by atoms with van der Waals surface area (Å²) in [4.78, 5) is 9.52. The van der Waals surface area contributed by atoms with Gasteiger partial charge < -0.3 is 9.09 Å². The van der Waals surface area contributed by atoms with Crippen LogP contribution < -0.4 is 0 Å². The second kappa shape index (κ2) is 7.79. The van der Waals surface area contributed by atoms with Crippen LogP contribution in [0, 0.1) is 0 Å². The topological polar surface area (TPSA) is 82.5 Å². The fourth-order valence-corrected chi connectivity index (χ4v) is 3.93. The summed E-state index contributed by atoms with van der Waals surface area (Å²) in [6.07, 6.45) is 4.52. The Labute approximate surface area is 158 Å². The third-order valence-corrected chi connectivity index (χ3v) is 5.45. The van der Waals surface area contributed by atoms with E-state index in [1.807, 2.05) is 29.6 Å². The van der Waals surface area contributed by atoms with Crippen LogP contribution in [0.25, 0.3) is 22.1 Å². The van der Waals surface area contributed by atoms with E-state index in [9.17, 15) is 0 Å². The Morgan fingerprint density at radius 3 is 2.85 bits per heavy atom. The van der Waals surface area contributed by atoms with Crippen molar-refractivity contribution in [3.05, 3.63) is 47.9 Å². The molecule has 0 aliphatic carbocycles. The summed E-state index contributed by atoms with van der Waals surface area (Å²) in [5, 5.41) is 15.6. The second-order valence-corrected chi connectivity index (χ2v) is 7.36. The number of hydrogen-bond acceptors (Lipinski definition) is 8. The van der Waals surface area contributed by atoms with Crippen LogP contribution in [0.5, 0.6) is 0 Å². The Morgan fingerprint density at radius 2 is 2.08 bits per heavy atom. The van der Waals surface area contributed by atoms with Crippen molar-refractivity contribution < 1.29 is 4.52 Å². The maximum Gasteiger partial charge on any atom is 0.237 e. The molecule has 0 fully saturated rings. The van der Waals surface area contributed by atoms with Crippen LogP contribution in [0.15, 0.2) is 51.7 Å². The minimum absolute atomic E-state index is 0.552. The second-order valence-electron chi connectivity index (χ2n) is 5.47. The molecule has 0 spiro atoms. The van der Waals surface area contributed by atoms with E-state index in [0.717, 1.165) is 34.4 Å². The number of rotatable bonds is 7. The van der Waals surface area contributed by atoms with Crippen LogP contribution in [0.4, 0.5) is 0 Å². The highest BCUT2D eigenvalue weighted by Crippen LogP contribution is 2.27. The van der Waals surface area contributed by atoms with Crippen molar-refractivity contribution in [1.82, 2.24) is 29.9 Å². The molecule has 0 bridgehead atoms. The minimum atomic E-state index is 0.552. The molecule has 0 amide bonds. The third-order valence-electron chi connectivity index (χ3n) is 3.64. The molecule has 0 atom stereocenters. The van der Waals surface area contributed by atoms with Crippen molar-refractivity contribution in [3.63, 3.8) is 0 Å². The van der Waals surface area contributed by atoms with Crippen molar-refractivity contribution in [2.24, 2.45) is 0 Å². The van der Waals surface area contributed by atoms with Gasteiger partial charge in [0.15, 0.2) is 11.0 Å². The number of hydrogen-bond donors (Lipinski definition) is 0. The molecular formula is C17H16N6OS2. The van der Waals surface area contributed by atoms with E-state index in [1.165, 1.54) is 0 Å². The van der Waals surface area contributed by atoms with E-state index in [1.54, 1.807) is 35.5 Å². The highest BCUT2D eigenvalue weighted by Gasteiger charge is 2.16. The summed E-state index contributed by atoms with van der Waals surface area (Å²) in [5.41, 5.74) is 1.01. The maximum absolute atomic E-state index is 5.36. The van der Waals surface area contributed by atoms with Gasteiger partial charge in [-0.15, -0.1) is 21.5 Å². The van der Waals surface area contributed by atoms with Gasteiger partial charge in [-0.2, -0.15) is 4.98 Å². The van der Waals surface area contributed by atoms with Gasteiger partial charge in [-0.1, -0.05) is 29.9 Å². The van der Waals surface area contributed by atoms with E-state index in [2.05, 4.69) is 36.8 Å². The van der Waals surface area contributed by atoms with Crippen molar-refractivity contribution in [2.75, 3.05) is 0 Å². The molecule has 0 saturated heterocycles. The van der Waals surface area contributed by atoms with Gasteiger partial charge in [-0.25, -0.2) is 0 Å². The zero-order chi connectivity index (χ0) is 17.8. The molecule has 4 aromatic rings. The van der Waals surface area contributed by atoms with Gasteiger partial charge in [0.1, 0.15) is 0 Å². The van der Waals surface area contributed by atoms with Crippen molar-refractivity contribution >= 4 is 23.1 Å². The summed E-state index contributed by atoms with van der Waals surface area (Å²) >= 11 is 3.14. The van der Waals surface area contributed by atoms with Crippen LogP contribution in [0.3, 0.4) is 0 Å². The predicted molar refractivity (Wildman–Crippen MR) is 101 cm³/mol. The molecule has 0 aliphatic rings. The predicted octanol–water partition coefficient (Wildman–Crippen LogP) is 4.15. The molecule has 0 aliphatic heterocycles. The molecular weight excluding hydrogens is 368 g/mol. The molecule has 4 rings (SSSR count). The average Bonchev–Trinajstić information content (AvgIpc) is 3.42. The number of nitrogens with zero attached hydrogens (tertiary/aromatic N) is 6. The molecule has 0 N–H and O–H groups in total. The fraction of sp³-hybridized carbons (Fsp3) is 0.235. The lowest BCUT2D eigenvalue weighted by molar-refractivity contribution is 0.391. The highest BCUT2D eigenvalue weighted by molar-refractivity contribution is 7.98. The third kappa shape index (κ3) is 3.54. The number of aromatic nitrogens is 6. The minimum Gasteiger partial charge on any atom is -0.338 e. The van der Waals surface area contributed by atoms with Gasteiger partial charge in [0.05, 0.1) is 10.6 Å². The first-order valence-electron chi connectivity index (χ1n) is 8.18. The molecule has 7 nitrogen and oxygen atoms in total. The van der Waals surface area contributed by atoms with Gasteiger partial charge in [-0.05, 0) is 30.0 Å². The number of thioether (sulfide) groups is 1. The van der Waals surface area contributed by atoms with Crippen LogP contribution in [0.2, 0.25) is 0 Å². The Morgan fingerprint density at radius 1 is 1.19 bits per heavy atom. The van der Waals surface area contributed by atoms with E-state index in [0.29, 0.717) is 17.5 Å². The summed E-state index contributed by atoms with van der Waals surface area (Å²) in [7, 11) is 0. The molecule has 132 valence electrons. The molecule has 0 saturated carbocycles. The standard InChI is InChI=1S/C17H16N6OS2/c1-2-9-23-16(12-5-7-18-8-6-12)20-21-17(23)26-11-14-19-15(22-24-14)13-4-3-10-25-13/h3-8,10H,2,9,11H2,1H3. The Kier molecular flexibility index (Phi) is 5.07. The first-order chi connectivity index (χ1) is 12.8. The van der Waals surface area contributed by atoms with Crippen molar-refractivity contribution in [1.29, 1.82) is 0 Å². The first kappa shape index (κ1) is 16.9. The molecule has 4 heterocycles. The Hall–Kier alpha value is -2.52. The lowest BCUT2D eigenvalue weighted by Gasteiger charge is -2.07. The molecule has 0 radical (unpaired) electrons. The van der Waals surface area contributed by atoms with Gasteiger partial charge >= 0.3 is 0 Å². The van der Waals surface area contributed by atoms with Crippen LogP contribution in [0.1, 0.15) is 19.2 Å². The lowest BCUT2D eigenvalue weighted by Crippen LogP contribution is -2.02. The lowest BCUT2D eigenvalue weighted by atomic mass is 10.2. The normalized spacial score (nSPS) is 11.1. The van der Waals surface area contributed by atoms with Gasteiger partial charge in [-0.3, -0.25) is 4.98 Å². The van der Waals surface area contributed by atoms with Crippen molar-refractivity contribution in [2.45, 2.75) is 30.8 Å². The fourth-order valence-electron chi connectivity index (χ4n) is 2.48. The summed E-state index contributed by atoms with van der Waals surface area (Å²) in [6.45, 7) is 2.98. The molecule has 9 heteroatoms. The van der Waals surface area contributed by atoms with Gasteiger partial charge in [0, 0.05) is 24.5 Å². The maximum atomic E-state index is 5.36. The largest absolute Gasteiger partial charge is 0.338 e.